The number of hydrogen-bond acceptors (Lipinski definition) is 8. The molecule has 1 spiro atoms. The highest BCUT2D eigenvalue weighted by molar-refractivity contribution is 6.12. The number of hydrazine groups is 2. The summed E-state index contributed by atoms with van der Waals surface area (Å²) < 4.78 is 5.41. The van der Waals surface area contributed by atoms with Crippen molar-refractivity contribution in [2.75, 3.05) is 29.4 Å². The molecule has 46 heavy (non-hydrogen) atoms. The van der Waals surface area contributed by atoms with Gasteiger partial charge in [0.1, 0.15) is 11.3 Å². The van der Waals surface area contributed by atoms with Gasteiger partial charge in [-0.3, -0.25) is 14.5 Å². The monoisotopic (exact) mass is 608 g/mol. The number of ether oxygens (including phenoxy) is 1. The minimum Gasteiger partial charge on any atom is -0.497 e. The Morgan fingerprint density at radius 2 is 1.70 bits per heavy atom. The van der Waals surface area contributed by atoms with Crippen molar-refractivity contribution in [3.05, 3.63) is 120 Å². The Balaban J connectivity index is 1.32. The van der Waals surface area contributed by atoms with Gasteiger partial charge in [-0.15, -0.1) is 5.53 Å². The van der Waals surface area contributed by atoms with Crippen molar-refractivity contribution in [1.29, 1.82) is 0 Å². The second-order valence-electron chi connectivity index (χ2n) is 12.4. The van der Waals surface area contributed by atoms with Gasteiger partial charge < -0.3 is 15.5 Å². The summed E-state index contributed by atoms with van der Waals surface area (Å²) in [6.45, 7) is 0.720. The zero-order valence-electron chi connectivity index (χ0n) is 25.2. The predicted octanol–water partition coefficient (Wildman–Crippen LogP) is 6.13. The van der Waals surface area contributed by atoms with E-state index < -0.39 is 11.5 Å². The molecular weight excluding hydrogens is 576 g/mol. The van der Waals surface area contributed by atoms with E-state index >= 15 is 4.79 Å². The van der Waals surface area contributed by atoms with E-state index in [2.05, 4.69) is 33.3 Å². The van der Waals surface area contributed by atoms with Crippen LogP contribution in [0.5, 0.6) is 5.75 Å². The van der Waals surface area contributed by atoms with Crippen molar-refractivity contribution in [1.82, 2.24) is 15.4 Å². The summed E-state index contributed by atoms with van der Waals surface area (Å²) in [6, 6.07) is 33.4. The van der Waals surface area contributed by atoms with Crippen LogP contribution in [-0.2, 0) is 10.3 Å². The second kappa shape index (κ2) is 10.1. The van der Waals surface area contributed by atoms with Crippen molar-refractivity contribution < 1.29 is 14.3 Å². The first kappa shape index (κ1) is 27.1. The van der Waals surface area contributed by atoms with Crippen molar-refractivity contribution in [3.8, 4) is 5.75 Å². The number of aromatic nitrogens is 1. The number of fused-ring (bicyclic) bond motifs is 6. The summed E-state index contributed by atoms with van der Waals surface area (Å²) in [6.07, 6.45) is 1.80. The predicted molar refractivity (Wildman–Crippen MR) is 177 cm³/mol. The molecule has 0 bridgehead atoms. The Hall–Kier alpha value is -5.25. The van der Waals surface area contributed by atoms with Crippen LogP contribution in [0.3, 0.4) is 0 Å². The Labute approximate surface area is 266 Å². The number of ketones is 1. The first-order valence-electron chi connectivity index (χ1n) is 15.8. The molecule has 4 aliphatic heterocycles. The van der Waals surface area contributed by atoms with E-state index in [4.69, 9.17) is 9.72 Å². The second-order valence-corrected chi connectivity index (χ2v) is 12.4. The van der Waals surface area contributed by atoms with Crippen molar-refractivity contribution in [3.63, 3.8) is 0 Å². The number of hydrogen-bond donors (Lipinski definition) is 3. The number of nitrogens with zero attached hydrogens (tertiary/aromatic N) is 3. The summed E-state index contributed by atoms with van der Waals surface area (Å²) in [4.78, 5) is 37.3. The van der Waals surface area contributed by atoms with Gasteiger partial charge in [0.15, 0.2) is 11.6 Å². The van der Waals surface area contributed by atoms with E-state index in [0.29, 0.717) is 17.1 Å². The molecule has 4 aliphatic rings. The number of benzene rings is 4. The molecule has 4 unspecified atom stereocenters. The molecule has 0 aliphatic carbocycles. The third-order valence-electron chi connectivity index (χ3n) is 10.3. The molecule has 9 rings (SSSR count). The highest BCUT2D eigenvalue weighted by Gasteiger charge is 2.69. The first-order chi connectivity index (χ1) is 22.6. The molecule has 2 fully saturated rings. The van der Waals surface area contributed by atoms with Crippen LogP contribution in [0.4, 0.5) is 22.9 Å². The number of amides is 1. The molecule has 4 atom stereocenters. The van der Waals surface area contributed by atoms with Gasteiger partial charge in [-0.1, -0.05) is 48.5 Å². The molecule has 9 nitrogen and oxygen atoms in total. The van der Waals surface area contributed by atoms with Crippen LogP contribution in [0.15, 0.2) is 103 Å². The highest BCUT2D eigenvalue weighted by atomic mass is 16.5. The Morgan fingerprint density at radius 3 is 2.54 bits per heavy atom. The SMILES string of the molecule is COc1ccc(C(=O)C2C(c3cc4ccccc4nc3N3NNc4ccccc43)C3CCCN3C23C(=O)Nc2ccccc23)cc1. The van der Waals surface area contributed by atoms with E-state index in [-0.39, 0.29) is 23.7 Å². The molecule has 5 heterocycles. The smallest absolute Gasteiger partial charge is 0.250 e. The highest BCUT2D eigenvalue weighted by Crippen LogP contribution is 2.62. The number of nitrogens with one attached hydrogen (secondary N) is 3. The zero-order valence-corrected chi connectivity index (χ0v) is 25.2. The summed E-state index contributed by atoms with van der Waals surface area (Å²) in [5.74, 6) is 0.117. The van der Waals surface area contributed by atoms with E-state index in [1.807, 2.05) is 96.0 Å². The van der Waals surface area contributed by atoms with Crippen molar-refractivity contribution in [2.45, 2.75) is 30.3 Å². The van der Waals surface area contributed by atoms with Gasteiger partial charge in [0.2, 0.25) is 5.91 Å². The molecule has 4 aromatic carbocycles. The number of carbonyl (C=O) groups is 2. The van der Waals surface area contributed by atoms with Crippen molar-refractivity contribution in [2.24, 2.45) is 5.92 Å². The van der Waals surface area contributed by atoms with E-state index in [1.54, 1.807) is 7.11 Å². The summed E-state index contributed by atoms with van der Waals surface area (Å²) in [7, 11) is 1.61. The normalized spacial score (nSPS) is 24.5. The Bertz CT molecular complexity index is 2050. The fourth-order valence-corrected chi connectivity index (χ4v) is 8.46. The third-order valence-corrected chi connectivity index (χ3v) is 10.3. The molecule has 0 saturated carbocycles. The topological polar surface area (TPSA) is 98.8 Å². The molecule has 0 radical (unpaired) electrons. The summed E-state index contributed by atoms with van der Waals surface area (Å²) >= 11 is 0. The van der Waals surface area contributed by atoms with Crippen LogP contribution in [0.25, 0.3) is 10.9 Å². The molecule has 9 heteroatoms. The van der Waals surface area contributed by atoms with E-state index in [1.165, 1.54) is 0 Å². The van der Waals surface area contributed by atoms with Gasteiger partial charge in [0, 0.05) is 39.7 Å². The third kappa shape index (κ3) is 3.66. The van der Waals surface area contributed by atoms with Gasteiger partial charge in [-0.2, -0.15) is 0 Å². The lowest BCUT2D eigenvalue weighted by atomic mass is 9.68. The average molecular weight is 609 g/mol. The van der Waals surface area contributed by atoms with Gasteiger partial charge in [-0.25, -0.2) is 9.99 Å². The molecule has 5 aromatic rings. The van der Waals surface area contributed by atoms with Crippen LogP contribution >= 0.6 is 0 Å². The van der Waals surface area contributed by atoms with E-state index in [0.717, 1.165) is 58.5 Å². The maximum absolute atomic E-state index is 15.2. The van der Waals surface area contributed by atoms with Crippen LogP contribution < -0.4 is 26.0 Å². The number of para-hydroxylation sites is 4. The van der Waals surface area contributed by atoms with Gasteiger partial charge in [0.25, 0.3) is 0 Å². The maximum atomic E-state index is 15.2. The lowest BCUT2D eigenvalue weighted by Gasteiger charge is -2.37. The molecule has 1 amide bonds. The largest absolute Gasteiger partial charge is 0.497 e. The molecule has 228 valence electrons. The van der Waals surface area contributed by atoms with Crippen molar-refractivity contribution >= 4 is 45.5 Å². The minimum atomic E-state index is -1.17. The van der Waals surface area contributed by atoms with Crippen LogP contribution in [0.1, 0.15) is 40.2 Å². The van der Waals surface area contributed by atoms with Crippen LogP contribution in [0.2, 0.25) is 0 Å². The first-order valence-corrected chi connectivity index (χ1v) is 15.8. The average Bonchev–Trinajstić information content (AvgIpc) is 3.87. The summed E-state index contributed by atoms with van der Waals surface area (Å²) in [5.41, 5.74) is 11.3. The van der Waals surface area contributed by atoms with Crippen LogP contribution in [0, 0.1) is 5.92 Å². The van der Waals surface area contributed by atoms with Gasteiger partial charge in [0.05, 0.1) is 29.9 Å². The quantitative estimate of drug-likeness (QED) is 0.205. The van der Waals surface area contributed by atoms with E-state index in [9.17, 15) is 4.79 Å². The summed E-state index contributed by atoms with van der Waals surface area (Å²) in [5, 5.41) is 6.14. The number of pyridine rings is 1. The maximum Gasteiger partial charge on any atom is 0.250 e. The number of anilines is 4. The fraction of sp³-hybridized carbons (Fsp3) is 0.216. The lowest BCUT2D eigenvalue weighted by Crippen LogP contribution is -2.52. The Morgan fingerprint density at radius 1 is 0.935 bits per heavy atom. The molecule has 3 N–H and O–H groups in total. The van der Waals surface area contributed by atoms with Crippen LogP contribution in [-0.4, -0.2) is 41.3 Å². The van der Waals surface area contributed by atoms with Gasteiger partial charge >= 0.3 is 0 Å². The molecule has 2 saturated heterocycles. The number of Topliss-reactive ketones (excluding diaryl/α,β-unsaturated/α-hetero) is 1. The zero-order chi connectivity index (χ0) is 31.0. The van der Waals surface area contributed by atoms with Gasteiger partial charge in [-0.05, 0) is 74.0 Å². The number of rotatable bonds is 5. The molecule has 1 aromatic heterocycles. The minimum absolute atomic E-state index is 0.0587. The Kier molecular flexibility index (Phi) is 5.97. The fourth-order valence-electron chi connectivity index (χ4n) is 8.46. The standard InChI is InChI=1S/C37H32N6O3/c1-46-24-18-16-22(17-19-24)34(44)33-32(31-15-8-20-42(31)37(33)26-10-3-5-12-28(26)39-36(37)45)25-21-23-9-2-4-11-27(23)38-35(25)43-30-14-7-6-13-29(30)40-41-43/h2-7,9-14,16-19,21,31-33,40-41H,8,15,20H2,1H3,(H,39,45). The number of carbonyl (C=O) groups excluding carboxylic acids is 2. The lowest BCUT2D eigenvalue weighted by molar-refractivity contribution is -0.127. The molecular formula is C37H32N6O3. The number of methoxy groups -OCH3 is 1.